The Labute approximate surface area is 254 Å². The van der Waals surface area contributed by atoms with Gasteiger partial charge in [-0.1, -0.05) is 160 Å². The van der Waals surface area contributed by atoms with E-state index in [4.69, 9.17) is 32.2 Å². The average molecular weight is 799 g/mol. The van der Waals surface area contributed by atoms with Crippen LogP contribution in [-0.2, 0) is 23.7 Å². The second-order valence-corrected chi connectivity index (χ2v) is 13.0. The zero-order valence-electron chi connectivity index (χ0n) is 18.2. The van der Waals surface area contributed by atoms with Crippen LogP contribution in [0.25, 0.3) is 0 Å². The van der Waals surface area contributed by atoms with E-state index in [1.54, 1.807) is 24.3 Å². The molecule has 0 radical (unpaired) electrons. The fraction of sp³-hybridized carbons (Fsp3) is 0.0769. The van der Waals surface area contributed by atoms with Gasteiger partial charge in [0.1, 0.15) is 0 Å². The van der Waals surface area contributed by atoms with Crippen LogP contribution in [0.1, 0.15) is 22.3 Å². The summed E-state index contributed by atoms with van der Waals surface area (Å²) in [5.41, 5.74) is 2.23. The van der Waals surface area contributed by atoms with Crippen molar-refractivity contribution in [2.24, 2.45) is 0 Å². The SMILES string of the molecule is O=[PH](OC(Cl)(c1ccccc1Br)c1ccccc1Br)OC(Cl)(c1ccccc1Br)c1ccccc1Br. The number of rotatable bonds is 8. The van der Waals surface area contributed by atoms with Gasteiger partial charge in [0, 0.05) is 40.1 Å². The van der Waals surface area contributed by atoms with E-state index in [-0.39, 0.29) is 0 Å². The summed E-state index contributed by atoms with van der Waals surface area (Å²) in [6, 6.07) is 29.2. The van der Waals surface area contributed by atoms with Gasteiger partial charge in [0.15, 0.2) is 0 Å². The zero-order chi connectivity index (χ0) is 25.9. The lowest BCUT2D eigenvalue weighted by Crippen LogP contribution is -2.27. The van der Waals surface area contributed by atoms with Gasteiger partial charge in [0.2, 0.25) is 10.1 Å². The fourth-order valence-corrected chi connectivity index (χ4v) is 8.34. The Morgan fingerprint density at radius 3 is 0.944 bits per heavy atom. The van der Waals surface area contributed by atoms with E-state index in [0.29, 0.717) is 40.1 Å². The van der Waals surface area contributed by atoms with E-state index in [1.807, 2.05) is 72.8 Å². The van der Waals surface area contributed by atoms with Crippen molar-refractivity contribution in [3.05, 3.63) is 137 Å². The van der Waals surface area contributed by atoms with Crippen molar-refractivity contribution >= 4 is 95.2 Å². The maximum atomic E-state index is 13.7. The summed E-state index contributed by atoms with van der Waals surface area (Å²) in [4.78, 5) is 0. The highest BCUT2D eigenvalue weighted by atomic mass is 79.9. The molecule has 36 heavy (non-hydrogen) atoms. The Bertz CT molecular complexity index is 1220. The first-order valence-electron chi connectivity index (χ1n) is 10.5. The highest BCUT2D eigenvalue weighted by Crippen LogP contribution is 2.55. The molecular weight excluding hydrogens is 782 g/mol. The van der Waals surface area contributed by atoms with Crippen molar-refractivity contribution in [1.29, 1.82) is 0 Å². The van der Waals surface area contributed by atoms with Crippen LogP contribution in [0.3, 0.4) is 0 Å². The number of benzene rings is 4. The molecule has 4 aromatic carbocycles. The summed E-state index contributed by atoms with van der Waals surface area (Å²) < 4.78 is 28.7. The Hall–Kier alpha value is -0.470. The van der Waals surface area contributed by atoms with Gasteiger partial charge in [-0.2, -0.15) is 0 Å². The molecule has 4 rings (SSSR count). The average Bonchev–Trinajstić information content (AvgIpc) is 2.84. The first kappa shape index (κ1) is 28.5. The van der Waals surface area contributed by atoms with Crippen LogP contribution < -0.4 is 0 Å². The maximum absolute atomic E-state index is 13.7. The van der Waals surface area contributed by atoms with Gasteiger partial charge >= 0.3 is 8.25 Å². The van der Waals surface area contributed by atoms with Gasteiger partial charge in [-0.25, -0.2) is 0 Å². The highest BCUT2D eigenvalue weighted by Gasteiger charge is 2.43. The molecule has 4 aromatic rings. The zero-order valence-corrected chi connectivity index (χ0v) is 27.1. The van der Waals surface area contributed by atoms with E-state index in [1.165, 1.54) is 0 Å². The molecule has 0 aromatic heterocycles. The maximum Gasteiger partial charge on any atom is 0.323 e. The van der Waals surface area contributed by atoms with Crippen LogP contribution in [0.5, 0.6) is 0 Å². The second kappa shape index (κ2) is 12.1. The van der Waals surface area contributed by atoms with E-state index >= 15 is 0 Å². The summed E-state index contributed by atoms with van der Waals surface area (Å²) in [5, 5.41) is -3.31. The van der Waals surface area contributed by atoms with Crippen LogP contribution >= 0.6 is 95.2 Å². The standard InChI is InChI=1S/C26H17Br4Cl2O3P/c27-21-13-5-1-9-17(21)25(31,18-10-2-6-14-22(18)28)34-36(33)35-26(32,19-11-3-7-15-23(19)29)20-12-4-8-16-24(20)30/h1-16,36H. The summed E-state index contributed by atoms with van der Waals surface area (Å²) >= 11 is 28.6. The largest absolute Gasteiger partial charge is 0.323 e. The van der Waals surface area contributed by atoms with E-state index in [9.17, 15) is 4.57 Å². The number of alkyl halides is 2. The fourth-order valence-electron chi connectivity index (χ4n) is 3.65. The minimum Gasteiger partial charge on any atom is -0.279 e. The molecule has 0 amide bonds. The summed E-state index contributed by atoms with van der Waals surface area (Å²) in [6.45, 7) is 0. The topological polar surface area (TPSA) is 35.5 Å². The molecule has 0 unspecified atom stereocenters. The van der Waals surface area contributed by atoms with Crippen LogP contribution in [0, 0.1) is 0 Å². The Kier molecular flexibility index (Phi) is 9.63. The van der Waals surface area contributed by atoms with Crippen LogP contribution in [0.4, 0.5) is 0 Å². The molecule has 0 saturated carbocycles. The first-order chi connectivity index (χ1) is 17.2. The quantitative estimate of drug-likeness (QED) is 0.132. The molecule has 0 aliphatic carbocycles. The predicted octanol–water partition coefficient (Wildman–Crippen LogP) is 10.7. The van der Waals surface area contributed by atoms with Gasteiger partial charge in [-0.15, -0.1) is 0 Å². The Morgan fingerprint density at radius 1 is 0.500 bits per heavy atom. The van der Waals surface area contributed by atoms with Crippen LogP contribution in [-0.4, -0.2) is 0 Å². The third-order valence-electron chi connectivity index (χ3n) is 5.33. The predicted molar refractivity (Wildman–Crippen MR) is 161 cm³/mol. The first-order valence-corrected chi connectivity index (χ1v) is 15.6. The highest BCUT2D eigenvalue weighted by molar-refractivity contribution is 9.11. The van der Waals surface area contributed by atoms with Gasteiger partial charge < -0.3 is 0 Å². The van der Waals surface area contributed by atoms with Crippen molar-refractivity contribution in [2.75, 3.05) is 0 Å². The monoisotopic (exact) mass is 794 g/mol. The molecule has 0 heterocycles. The third-order valence-corrected chi connectivity index (χ3v) is 10.3. The van der Waals surface area contributed by atoms with Crippen molar-refractivity contribution in [3.63, 3.8) is 0 Å². The molecule has 0 N–H and O–H groups in total. The smallest absolute Gasteiger partial charge is 0.279 e. The normalized spacial score (nSPS) is 12.2. The minimum absolute atomic E-state index is 0.558. The molecule has 0 aliphatic heterocycles. The molecule has 0 spiro atoms. The van der Waals surface area contributed by atoms with Crippen LogP contribution in [0.2, 0.25) is 0 Å². The molecule has 186 valence electrons. The van der Waals surface area contributed by atoms with E-state index < -0.39 is 18.4 Å². The third kappa shape index (κ3) is 5.90. The molecular formula is C26H17Br4Cl2O3P. The molecule has 0 aliphatic rings. The van der Waals surface area contributed by atoms with Gasteiger partial charge in [0.05, 0.1) is 0 Å². The molecule has 3 nitrogen and oxygen atoms in total. The van der Waals surface area contributed by atoms with Crippen molar-refractivity contribution in [3.8, 4) is 0 Å². The molecule has 0 bridgehead atoms. The summed E-state index contributed by atoms with van der Waals surface area (Å²) in [6.07, 6.45) is 0. The van der Waals surface area contributed by atoms with E-state index in [2.05, 4.69) is 63.7 Å². The van der Waals surface area contributed by atoms with Crippen LogP contribution in [0.15, 0.2) is 115 Å². The summed E-state index contributed by atoms with van der Waals surface area (Å²) in [7, 11) is -3.35. The lowest BCUT2D eigenvalue weighted by atomic mass is 10.0. The van der Waals surface area contributed by atoms with Gasteiger partial charge in [0.25, 0.3) is 0 Å². The lowest BCUT2D eigenvalue weighted by molar-refractivity contribution is 0.122. The second-order valence-electron chi connectivity index (χ2n) is 7.56. The van der Waals surface area contributed by atoms with Gasteiger partial charge in [-0.05, 0) is 24.3 Å². The minimum atomic E-state index is -3.35. The molecule has 0 saturated heterocycles. The molecule has 0 fully saturated rings. The lowest BCUT2D eigenvalue weighted by Gasteiger charge is -2.33. The number of hydrogen-bond acceptors (Lipinski definition) is 3. The molecule has 0 atom stereocenters. The van der Waals surface area contributed by atoms with Gasteiger partial charge in [-0.3, -0.25) is 13.6 Å². The summed E-state index contributed by atoms with van der Waals surface area (Å²) in [5.74, 6) is 0. The van der Waals surface area contributed by atoms with Crippen molar-refractivity contribution < 1.29 is 13.6 Å². The molecule has 10 heteroatoms. The Morgan fingerprint density at radius 2 is 0.722 bits per heavy atom. The Balaban J connectivity index is 1.81. The number of hydrogen-bond donors (Lipinski definition) is 0. The number of halogens is 6. The van der Waals surface area contributed by atoms with Crippen molar-refractivity contribution in [1.82, 2.24) is 0 Å². The van der Waals surface area contributed by atoms with E-state index in [0.717, 1.165) is 0 Å². The van der Waals surface area contributed by atoms with Crippen molar-refractivity contribution in [2.45, 2.75) is 10.1 Å².